The maximum absolute atomic E-state index is 11.6. The van der Waals surface area contributed by atoms with Gasteiger partial charge in [0.15, 0.2) is 5.76 Å². The summed E-state index contributed by atoms with van der Waals surface area (Å²) in [6.45, 7) is 3.50. The van der Waals surface area contributed by atoms with Crippen molar-refractivity contribution in [1.82, 2.24) is 9.88 Å². The van der Waals surface area contributed by atoms with Gasteiger partial charge in [-0.1, -0.05) is 0 Å². The van der Waals surface area contributed by atoms with Crippen molar-refractivity contribution in [3.8, 4) is 11.7 Å². The lowest BCUT2D eigenvalue weighted by atomic mass is 10.2. The molecule has 0 spiro atoms. The predicted octanol–water partition coefficient (Wildman–Crippen LogP) is 2.72. The third-order valence-electron chi connectivity index (χ3n) is 3.96. The van der Waals surface area contributed by atoms with Gasteiger partial charge in [-0.25, -0.2) is 4.98 Å². The molecule has 0 saturated carbocycles. The van der Waals surface area contributed by atoms with Crippen molar-refractivity contribution < 1.29 is 18.4 Å². The summed E-state index contributed by atoms with van der Waals surface area (Å²) in [4.78, 5) is 18.4. The molecule has 0 radical (unpaired) electrons. The molecule has 0 N–H and O–H groups in total. The molecule has 6 nitrogen and oxygen atoms in total. The van der Waals surface area contributed by atoms with Crippen LogP contribution >= 0.6 is 11.8 Å². The summed E-state index contributed by atoms with van der Waals surface area (Å²) in [5, 5.41) is 0. The number of hydrogen-bond acceptors (Lipinski definition) is 7. The van der Waals surface area contributed by atoms with E-state index in [1.54, 1.807) is 6.26 Å². The Morgan fingerprint density at radius 3 is 3.17 bits per heavy atom. The number of nitrogens with zero attached hydrogens (tertiary/aromatic N) is 2. The molecule has 0 unspecified atom stereocenters. The highest BCUT2D eigenvalue weighted by Crippen LogP contribution is 2.26. The second-order valence-corrected chi connectivity index (χ2v) is 6.63. The van der Waals surface area contributed by atoms with Gasteiger partial charge in [0.2, 0.25) is 0 Å². The Labute approximate surface area is 139 Å². The number of esters is 1. The van der Waals surface area contributed by atoms with Gasteiger partial charge in [0.1, 0.15) is 5.76 Å². The fourth-order valence-corrected chi connectivity index (χ4v) is 3.76. The van der Waals surface area contributed by atoms with Crippen LogP contribution in [0, 0.1) is 6.92 Å². The summed E-state index contributed by atoms with van der Waals surface area (Å²) in [6, 6.07) is 3.81. The maximum atomic E-state index is 11.6. The zero-order valence-electron chi connectivity index (χ0n) is 13.3. The van der Waals surface area contributed by atoms with Crippen LogP contribution < -0.4 is 0 Å². The number of methoxy groups -OCH3 is 1. The minimum Gasteiger partial charge on any atom is -0.469 e. The van der Waals surface area contributed by atoms with E-state index >= 15 is 0 Å². The highest BCUT2D eigenvalue weighted by Gasteiger charge is 2.27. The summed E-state index contributed by atoms with van der Waals surface area (Å²) in [5.74, 6) is 3.72. The molecule has 0 aromatic carbocycles. The van der Waals surface area contributed by atoms with Crippen LogP contribution in [0.3, 0.4) is 0 Å². The zero-order valence-corrected chi connectivity index (χ0v) is 14.1. The number of rotatable bonds is 5. The Morgan fingerprint density at radius 1 is 1.57 bits per heavy atom. The molecule has 1 fully saturated rings. The Kier molecular flexibility index (Phi) is 5.07. The highest BCUT2D eigenvalue weighted by molar-refractivity contribution is 7.99. The Hall–Kier alpha value is -1.73. The predicted molar refractivity (Wildman–Crippen MR) is 87.1 cm³/mol. The van der Waals surface area contributed by atoms with Crippen molar-refractivity contribution in [3.05, 3.63) is 29.9 Å². The van der Waals surface area contributed by atoms with E-state index in [-0.39, 0.29) is 12.0 Å². The SMILES string of the molecule is COC(=O)C[C@H]1CSCCN1Cc1nc(-c2ccco2)oc1C. The zero-order chi connectivity index (χ0) is 16.2. The van der Waals surface area contributed by atoms with Crippen molar-refractivity contribution >= 4 is 17.7 Å². The molecular weight excluding hydrogens is 316 g/mol. The fourth-order valence-electron chi connectivity index (χ4n) is 2.63. The van der Waals surface area contributed by atoms with Gasteiger partial charge in [0.25, 0.3) is 5.89 Å². The van der Waals surface area contributed by atoms with Crippen LogP contribution in [0.15, 0.2) is 27.2 Å². The third-order valence-corrected chi connectivity index (χ3v) is 5.05. The molecule has 2 aromatic heterocycles. The van der Waals surface area contributed by atoms with E-state index in [2.05, 4.69) is 9.88 Å². The number of ether oxygens (including phenoxy) is 1. The lowest BCUT2D eigenvalue weighted by molar-refractivity contribution is -0.141. The third kappa shape index (κ3) is 3.79. The minimum atomic E-state index is -0.171. The number of hydrogen-bond donors (Lipinski definition) is 0. The molecular formula is C16H20N2O4S. The van der Waals surface area contributed by atoms with Gasteiger partial charge in [0.05, 0.1) is 25.5 Å². The van der Waals surface area contributed by atoms with Crippen LogP contribution in [0.25, 0.3) is 11.7 Å². The molecule has 23 heavy (non-hydrogen) atoms. The first-order valence-electron chi connectivity index (χ1n) is 7.56. The van der Waals surface area contributed by atoms with Gasteiger partial charge in [-0.15, -0.1) is 0 Å². The fraction of sp³-hybridized carbons (Fsp3) is 0.500. The average molecular weight is 336 g/mol. The van der Waals surface area contributed by atoms with Crippen molar-refractivity contribution in [2.24, 2.45) is 0 Å². The van der Waals surface area contributed by atoms with Crippen LogP contribution in [0.2, 0.25) is 0 Å². The van der Waals surface area contributed by atoms with Crippen molar-refractivity contribution in [1.29, 1.82) is 0 Å². The summed E-state index contributed by atoms with van der Waals surface area (Å²) in [6.07, 6.45) is 2.01. The molecule has 1 aliphatic heterocycles. The standard InChI is InChI=1S/C16H20N2O4S/c1-11-13(17-16(22-11)14-4-3-6-21-14)9-18-5-7-23-10-12(18)8-15(19)20-2/h3-4,6,12H,5,7-10H2,1-2H3/t12-/m0/s1. The number of carbonyl (C=O) groups is 1. The molecule has 3 heterocycles. The topological polar surface area (TPSA) is 68.7 Å². The minimum absolute atomic E-state index is 0.171. The Balaban J connectivity index is 1.73. The Morgan fingerprint density at radius 2 is 2.43 bits per heavy atom. The summed E-state index contributed by atoms with van der Waals surface area (Å²) >= 11 is 1.87. The van der Waals surface area contributed by atoms with E-state index in [4.69, 9.17) is 13.6 Å². The molecule has 3 rings (SSSR count). The summed E-state index contributed by atoms with van der Waals surface area (Å²) in [5.41, 5.74) is 0.887. The van der Waals surface area contributed by atoms with Gasteiger partial charge >= 0.3 is 5.97 Å². The lowest BCUT2D eigenvalue weighted by Crippen LogP contribution is -2.43. The second-order valence-electron chi connectivity index (χ2n) is 5.48. The van der Waals surface area contributed by atoms with E-state index in [9.17, 15) is 4.79 Å². The highest BCUT2D eigenvalue weighted by atomic mass is 32.2. The number of aromatic nitrogens is 1. The van der Waals surface area contributed by atoms with Crippen molar-refractivity contribution in [2.45, 2.75) is 25.9 Å². The number of carbonyl (C=O) groups excluding carboxylic acids is 1. The van der Waals surface area contributed by atoms with E-state index in [1.165, 1.54) is 7.11 Å². The molecule has 124 valence electrons. The first kappa shape index (κ1) is 16.1. The van der Waals surface area contributed by atoms with E-state index < -0.39 is 0 Å². The number of furan rings is 1. The van der Waals surface area contributed by atoms with E-state index in [0.717, 1.165) is 29.5 Å². The van der Waals surface area contributed by atoms with Crippen molar-refractivity contribution in [3.63, 3.8) is 0 Å². The van der Waals surface area contributed by atoms with Crippen LogP contribution in [0.1, 0.15) is 17.9 Å². The van der Waals surface area contributed by atoms with E-state index in [1.807, 2.05) is 30.8 Å². The molecule has 0 aliphatic carbocycles. The van der Waals surface area contributed by atoms with Gasteiger partial charge in [-0.3, -0.25) is 9.69 Å². The van der Waals surface area contributed by atoms with Crippen LogP contribution in [-0.2, 0) is 16.1 Å². The number of oxazole rings is 1. The summed E-state index contributed by atoms with van der Waals surface area (Å²) in [7, 11) is 1.43. The maximum Gasteiger partial charge on any atom is 0.307 e. The normalized spacial score (nSPS) is 19.0. The van der Waals surface area contributed by atoms with Gasteiger partial charge < -0.3 is 13.6 Å². The van der Waals surface area contributed by atoms with Gasteiger partial charge in [-0.05, 0) is 19.1 Å². The first-order chi connectivity index (χ1) is 11.2. The quantitative estimate of drug-likeness (QED) is 0.778. The molecule has 0 amide bonds. The Bertz CT molecular complexity index is 653. The molecule has 1 saturated heterocycles. The van der Waals surface area contributed by atoms with Gasteiger partial charge in [0, 0.05) is 30.6 Å². The largest absolute Gasteiger partial charge is 0.469 e. The molecule has 7 heteroatoms. The molecule has 2 aromatic rings. The van der Waals surface area contributed by atoms with Crippen LogP contribution in [0.5, 0.6) is 0 Å². The van der Waals surface area contributed by atoms with Crippen molar-refractivity contribution in [2.75, 3.05) is 25.2 Å². The second kappa shape index (κ2) is 7.23. The molecule has 1 aliphatic rings. The smallest absolute Gasteiger partial charge is 0.307 e. The summed E-state index contributed by atoms with van der Waals surface area (Å²) < 4.78 is 15.8. The lowest BCUT2D eigenvalue weighted by Gasteiger charge is -2.34. The molecule has 1 atom stereocenters. The molecule has 0 bridgehead atoms. The number of aryl methyl sites for hydroxylation is 1. The van der Waals surface area contributed by atoms with Crippen LogP contribution in [0.4, 0.5) is 0 Å². The van der Waals surface area contributed by atoms with E-state index in [0.29, 0.717) is 24.6 Å². The van der Waals surface area contributed by atoms with Crippen LogP contribution in [-0.4, -0.2) is 47.1 Å². The van der Waals surface area contributed by atoms with Gasteiger partial charge in [-0.2, -0.15) is 11.8 Å². The average Bonchev–Trinajstić information content (AvgIpc) is 3.19. The number of thioether (sulfide) groups is 1. The first-order valence-corrected chi connectivity index (χ1v) is 8.71. The monoisotopic (exact) mass is 336 g/mol.